The molecule has 0 fully saturated rings. The number of rotatable bonds is 2. The van der Waals surface area contributed by atoms with E-state index in [0.29, 0.717) is 6.54 Å². The van der Waals surface area contributed by atoms with Gasteiger partial charge in [-0.3, -0.25) is 10.3 Å². The molecule has 0 unspecified atom stereocenters. The highest BCUT2D eigenvalue weighted by molar-refractivity contribution is 8.13. The zero-order valence-electron chi connectivity index (χ0n) is 7.68. The van der Waals surface area contributed by atoms with Crippen molar-refractivity contribution >= 4 is 23.0 Å². The molecule has 0 aromatic carbocycles. The summed E-state index contributed by atoms with van der Waals surface area (Å²) < 4.78 is 0. The van der Waals surface area contributed by atoms with Crippen molar-refractivity contribution in [1.82, 2.24) is 10.2 Å². The van der Waals surface area contributed by atoms with Gasteiger partial charge in [0.2, 0.25) is 0 Å². The number of carbonyl (C=O) groups is 1. The van der Waals surface area contributed by atoms with E-state index in [0.717, 1.165) is 5.75 Å². The Morgan fingerprint density at radius 1 is 1.58 bits per heavy atom. The van der Waals surface area contributed by atoms with Crippen LogP contribution in [-0.4, -0.2) is 35.4 Å². The molecule has 0 saturated heterocycles. The first kappa shape index (κ1) is 11.3. The minimum absolute atomic E-state index is 0.219. The van der Waals surface area contributed by atoms with Gasteiger partial charge >= 0.3 is 6.03 Å². The molecule has 0 atom stereocenters. The first-order chi connectivity index (χ1) is 5.63. The smallest absolute Gasteiger partial charge is 0.323 e. The van der Waals surface area contributed by atoms with Gasteiger partial charge in [-0.2, -0.15) is 0 Å². The van der Waals surface area contributed by atoms with Crippen LogP contribution in [0.5, 0.6) is 0 Å². The van der Waals surface area contributed by atoms with Gasteiger partial charge in [-0.05, 0) is 12.7 Å². The van der Waals surface area contributed by atoms with Crippen LogP contribution < -0.4 is 5.32 Å². The number of hydrogen-bond acceptors (Lipinski definition) is 3. The summed E-state index contributed by atoms with van der Waals surface area (Å²) in [6, 6.07) is -0.219. The van der Waals surface area contributed by atoms with E-state index in [-0.39, 0.29) is 11.2 Å². The Bertz CT molecular complexity index is 154. The van der Waals surface area contributed by atoms with Crippen LogP contribution in [-0.2, 0) is 0 Å². The normalized spacial score (nSPS) is 9.25. The fourth-order valence-corrected chi connectivity index (χ4v) is 1.15. The Balaban J connectivity index is 3.91. The molecule has 0 aliphatic heterocycles. The summed E-state index contributed by atoms with van der Waals surface area (Å²) in [5.74, 6) is 0.808. The van der Waals surface area contributed by atoms with Crippen LogP contribution >= 0.6 is 11.8 Å². The molecule has 0 heterocycles. The van der Waals surface area contributed by atoms with Crippen LogP contribution in [0, 0.1) is 5.41 Å². The van der Waals surface area contributed by atoms with Gasteiger partial charge in [-0.15, -0.1) is 0 Å². The van der Waals surface area contributed by atoms with Crippen LogP contribution in [0.15, 0.2) is 0 Å². The van der Waals surface area contributed by atoms with E-state index in [1.54, 1.807) is 7.05 Å². The predicted octanol–water partition coefficient (Wildman–Crippen LogP) is 1.34. The zero-order chi connectivity index (χ0) is 9.56. The quantitative estimate of drug-likeness (QED) is 0.508. The van der Waals surface area contributed by atoms with Gasteiger partial charge in [-0.1, -0.05) is 18.7 Å². The molecule has 0 saturated carbocycles. The van der Waals surface area contributed by atoms with Gasteiger partial charge < -0.3 is 5.32 Å². The van der Waals surface area contributed by atoms with E-state index in [9.17, 15) is 4.79 Å². The molecule has 12 heavy (non-hydrogen) atoms. The van der Waals surface area contributed by atoms with Crippen LogP contribution in [0.25, 0.3) is 0 Å². The lowest BCUT2D eigenvalue weighted by Gasteiger charge is -2.16. The molecule has 2 amide bonds. The van der Waals surface area contributed by atoms with Crippen LogP contribution in [0.1, 0.15) is 13.8 Å². The number of carbonyl (C=O) groups excluding carboxylic acids is 1. The summed E-state index contributed by atoms with van der Waals surface area (Å²) in [7, 11) is 1.59. The molecule has 4 nitrogen and oxygen atoms in total. The van der Waals surface area contributed by atoms with E-state index < -0.39 is 0 Å². The fourth-order valence-electron chi connectivity index (χ4n) is 0.596. The first-order valence-corrected chi connectivity index (χ1v) is 4.84. The van der Waals surface area contributed by atoms with Crippen molar-refractivity contribution in [3.8, 4) is 0 Å². The van der Waals surface area contributed by atoms with Gasteiger partial charge in [0.1, 0.15) is 0 Å². The maximum Gasteiger partial charge on any atom is 0.323 e. The van der Waals surface area contributed by atoms with E-state index in [1.165, 1.54) is 16.7 Å². The largest absolute Gasteiger partial charge is 0.338 e. The van der Waals surface area contributed by atoms with E-state index >= 15 is 0 Å². The summed E-state index contributed by atoms with van der Waals surface area (Å²) in [6.45, 7) is 4.39. The van der Waals surface area contributed by atoms with Crippen molar-refractivity contribution < 1.29 is 4.79 Å². The standard InChI is InChI=1S/C7H15N3OS/c1-4-9-7(11)10(3)6(8)12-5-2/h8H,4-5H2,1-3H3,(H,9,11). The number of nitrogens with zero attached hydrogens (tertiary/aromatic N) is 1. The van der Waals surface area contributed by atoms with E-state index in [2.05, 4.69) is 5.32 Å². The van der Waals surface area contributed by atoms with Crippen molar-refractivity contribution in [3.05, 3.63) is 0 Å². The van der Waals surface area contributed by atoms with Crippen LogP contribution in [0.3, 0.4) is 0 Å². The molecule has 0 rings (SSSR count). The Kier molecular flexibility index (Phi) is 5.53. The lowest BCUT2D eigenvalue weighted by Crippen LogP contribution is -2.39. The average molecular weight is 189 g/mol. The summed E-state index contributed by atoms with van der Waals surface area (Å²) >= 11 is 1.34. The Hall–Kier alpha value is -0.710. The molecule has 0 aliphatic rings. The fraction of sp³-hybridized carbons (Fsp3) is 0.714. The minimum atomic E-state index is -0.219. The van der Waals surface area contributed by atoms with E-state index in [1.807, 2.05) is 13.8 Å². The Morgan fingerprint density at radius 2 is 2.17 bits per heavy atom. The topological polar surface area (TPSA) is 56.2 Å². The molecule has 0 radical (unpaired) electrons. The number of nitrogens with one attached hydrogen (secondary N) is 2. The molecule has 0 spiro atoms. The number of urea groups is 1. The van der Waals surface area contributed by atoms with Crippen molar-refractivity contribution in [2.24, 2.45) is 0 Å². The molecular formula is C7H15N3OS. The van der Waals surface area contributed by atoms with Crippen molar-refractivity contribution in [3.63, 3.8) is 0 Å². The molecule has 5 heteroatoms. The Labute approximate surface area is 77.2 Å². The minimum Gasteiger partial charge on any atom is -0.338 e. The first-order valence-electron chi connectivity index (χ1n) is 3.86. The highest BCUT2D eigenvalue weighted by Crippen LogP contribution is 2.04. The summed E-state index contributed by atoms with van der Waals surface area (Å²) in [5, 5.41) is 10.3. The number of amides is 2. The summed E-state index contributed by atoms with van der Waals surface area (Å²) in [6.07, 6.45) is 0. The monoisotopic (exact) mass is 189 g/mol. The highest BCUT2D eigenvalue weighted by atomic mass is 32.2. The van der Waals surface area contributed by atoms with Crippen LogP contribution in [0.4, 0.5) is 4.79 Å². The van der Waals surface area contributed by atoms with Crippen molar-refractivity contribution in [2.75, 3.05) is 19.3 Å². The predicted molar refractivity (Wildman–Crippen MR) is 52.7 cm³/mol. The SMILES string of the molecule is CCNC(=O)N(C)C(=N)SCC. The highest BCUT2D eigenvalue weighted by Gasteiger charge is 2.11. The van der Waals surface area contributed by atoms with Gasteiger partial charge in [0.25, 0.3) is 0 Å². The second-order valence-corrected chi connectivity index (χ2v) is 3.39. The van der Waals surface area contributed by atoms with Crippen molar-refractivity contribution in [2.45, 2.75) is 13.8 Å². The third-order valence-electron chi connectivity index (χ3n) is 1.22. The maximum absolute atomic E-state index is 11.1. The van der Waals surface area contributed by atoms with Gasteiger partial charge in [0, 0.05) is 13.6 Å². The molecule has 2 N–H and O–H groups in total. The molecule has 0 aliphatic carbocycles. The maximum atomic E-state index is 11.1. The number of amidine groups is 1. The molecule has 70 valence electrons. The van der Waals surface area contributed by atoms with Gasteiger partial charge in [0.15, 0.2) is 5.17 Å². The number of thioether (sulfide) groups is 1. The van der Waals surface area contributed by atoms with Gasteiger partial charge in [0.05, 0.1) is 0 Å². The third kappa shape index (κ3) is 3.61. The third-order valence-corrected chi connectivity index (χ3v) is 2.05. The van der Waals surface area contributed by atoms with Crippen molar-refractivity contribution in [1.29, 1.82) is 5.41 Å². The summed E-state index contributed by atoms with van der Waals surface area (Å²) in [5.41, 5.74) is 0. The lowest BCUT2D eigenvalue weighted by molar-refractivity contribution is 0.227. The Morgan fingerprint density at radius 3 is 2.58 bits per heavy atom. The second kappa shape index (κ2) is 5.88. The summed E-state index contributed by atoms with van der Waals surface area (Å²) in [4.78, 5) is 12.4. The molecule has 0 bridgehead atoms. The zero-order valence-corrected chi connectivity index (χ0v) is 8.49. The molecule has 0 aromatic rings. The number of hydrogen-bond donors (Lipinski definition) is 2. The van der Waals surface area contributed by atoms with Crippen LogP contribution in [0.2, 0.25) is 0 Å². The molecular weight excluding hydrogens is 174 g/mol. The average Bonchev–Trinajstić information content (AvgIpc) is 2.04. The molecule has 0 aromatic heterocycles. The lowest BCUT2D eigenvalue weighted by atomic mass is 10.7. The second-order valence-electron chi connectivity index (χ2n) is 2.13. The van der Waals surface area contributed by atoms with Gasteiger partial charge in [-0.25, -0.2) is 4.79 Å². The van der Waals surface area contributed by atoms with E-state index in [4.69, 9.17) is 5.41 Å².